The fourth-order valence-corrected chi connectivity index (χ4v) is 3.43. The monoisotopic (exact) mass is 307 g/mol. The van der Waals surface area contributed by atoms with Crippen LogP contribution in [0.2, 0.25) is 0 Å². The molecule has 21 heavy (non-hydrogen) atoms. The van der Waals surface area contributed by atoms with Crippen LogP contribution in [0.1, 0.15) is 37.0 Å². The number of benzene rings is 1. The number of carboxylic acid groups (broad SMARTS) is 1. The Labute approximate surface area is 129 Å². The molecule has 0 saturated carbocycles. The first kappa shape index (κ1) is 15.9. The number of hydrogen-bond donors (Lipinski definition) is 1. The van der Waals surface area contributed by atoms with E-state index >= 15 is 0 Å². The smallest absolute Gasteiger partial charge is 0.316 e. The Balaban J connectivity index is 2.16. The second kappa shape index (κ2) is 6.98. The second-order valence-electron chi connectivity index (χ2n) is 5.41. The van der Waals surface area contributed by atoms with Crippen molar-refractivity contribution in [1.29, 1.82) is 0 Å². The van der Waals surface area contributed by atoms with Crippen LogP contribution in [0.5, 0.6) is 0 Å². The molecule has 4 nitrogen and oxygen atoms in total. The maximum absolute atomic E-state index is 12.6. The van der Waals surface area contributed by atoms with Crippen molar-refractivity contribution in [1.82, 2.24) is 4.90 Å². The second-order valence-corrected chi connectivity index (χ2v) is 6.79. The van der Waals surface area contributed by atoms with Gasteiger partial charge in [0.1, 0.15) is 5.25 Å². The van der Waals surface area contributed by atoms with Crippen LogP contribution in [-0.4, -0.2) is 40.2 Å². The average Bonchev–Trinajstić information content (AvgIpc) is 2.96. The molecule has 2 atom stereocenters. The van der Waals surface area contributed by atoms with Crippen LogP contribution in [0.25, 0.3) is 0 Å². The minimum absolute atomic E-state index is 0.0200. The minimum Gasteiger partial charge on any atom is -0.480 e. The lowest BCUT2D eigenvalue weighted by atomic mass is 10.1. The van der Waals surface area contributed by atoms with Crippen molar-refractivity contribution in [3.63, 3.8) is 0 Å². The van der Waals surface area contributed by atoms with Crippen LogP contribution in [0, 0.1) is 5.92 Å². The summed E-state index contributed by atoms with van der Waals surface area (Å²) in [6.07, 6.45) is 2.15. The number of amides is 1. The summed E-state index contributed by atoms with van der Waals surface area (Å²) in [6, 6.07) is 7.28. The lowest BCUT2D eigenvalue weighted by Gasteiger charge is -2.19. The van der Waals surface area contributed by atoms with Gasteiger partial charge < -0.3 is 10.0 Å². The summed E-state index contributed by atoms with van der Waals surface area (Å²) in [5, 5.41) is 8.47. The van der Waals surface area contributed by atoms with E-state index in [9.17, 15) is 9.59 Å². The Bertz CT molecular complexity index is 532. The molecular weight excluding hydrogens is 286 g/mol. The van der Waals surface area contributed by atoms with Crippen molar-refractivity contribution in [2.24, 2.45) is 5.92 Å². The van der Waals surface area contributed by atoms with Crippen LogP contribution in [0.15, 0.2) is 29.2 Å². The summed E-state index contributed by atoms with van der Waals surface area (Å²) >= 11 is 1.22. The van der Waals surface area contributed by atoms with E-state index in [1.54, 1.807) is 13.0 Å². The molecule has 0 bridgehead atoms. The van der Waals surface area contributed by atoms with E-state index in [4.69, 9.17) is 5.11 Å². The predicted molar refractivity (Wildman–Crippen MR) is 83.7 cm³/mol. The molecule has 2 unspecified atom stereocenters. The predicted octanol–water partition coefficient (Wildman–Crippen LogP) is 3.12. The van der Waals surface area contributed by atoms with Crippen LogP contribution in [0.4, 0.5) is 0 Å². The molecule has 114 valence electrons. The fourth-order valence-electron chi connectivity index (χ4n) is 2.51. The van der Waals surface area contributed by atoms with E-state index in [1.807, 2.05) is 23.1 Å². The van der Waals surface area contributed by atoms with Gasteiger partial charge in [-0.3, -0.25) is 9.59 Å². The summed E-state index contributed by atoms with van der Waals surface area (Å²) < 4.78 is 0. The molecular formula is C16H21NO3S. The van der Waals surface area contributed by atoms with Gasteiger partial charge in [0.05, 0.1) is 5.56 Å². The van der Waals surface area contributed by atoms with Crippen LogP contribution in [-0.2, 0) is 4.79 Å². The molecule has 1 N–H and O–H groups in total. The van der Waals surface area contributed by atoms with Crippen molar-refractivity contribution in [2.75, 3.05) is 13.1 Å². The van der Waals surface area contributed by atoms with Gasteiger partial charge in [-0.2, -0.15) is 0 Å². The zero-order chi connectivity index (χ0) is 15.4. The van der Waals surface area contributed by atoms with Crippen LogP contribution < -0.4 is 0 Å². The number of hydrogen-bond acceptors (Lipinski definition) is 3. The zero-order valence-electron chi connectivity index (χ0n) is 12.4. The first-order valence-corrected chi connectivity index (χ1v) is 8.18. The van der Waals surface area contributed by atoms with Gasteiger partial charge in [-0.15, -0.1) is 11.8 Å². The SMILES string of the molecule is CCC1CCN(C(=O)c2ccccc2SC(C)C(=O)O)C1. The number of carbonyl (C=O) groups excluding carboxylic acids is 1. The third-order valence-electron chi connectivity index (χ3n) is 3.92. The Morgan fingerprint density at radius 1 is 1.43 bits per heavy atom. The summed E-state index contributed by atoms with van der Waals surface area (Å²) in [7, 11) is 0. The van der Waals surface area contributed by atoms with Gasteiger partial charge in [0.15, 0.2) is 0 Å². The number of thioether (sulfide) groups is 1. The molecule has 1 saturated heterocycles. The Hall–Kier alpha value is -1.49. The lowest BCUT2D eigenvalue weighted by molar-refractivity contribution is -0.136. The van der Waals surface area contributed by atoms with E-state index in [0.29, 0.717) is 11.5 Å². The summed E-state index contributed by atoms with van der Waals surface area (Å²) in [5.74, 6) is -0.257. The highest BCUT2D eigenvalue weighted by molar-refractivity contribution is 8.00. The van der Waals surface area contributed by atoms with Gasteiger partial charge in [-0.05, 0) is 31.4 Å². The van der Waals surface area contributed by atoms with Crippen molar-refractivity contribution >= 4 is 23.6 Å². The Morgan fingerprint density at radius 2 is 2.14 bits per heavy atom. The van der Waals surface area contributed by atoms with Crippen LogP contribution in [0.3, 0.4) is 0 Å². The molecule has 1 aliphatic heterocycles. The quantitative estimate of drug-likeness (QED) is 0.849. The Morgan fingerprint density at radius 3 is 2.76 bits per heavy atom. The molecule has 1 aromatic carbocycles. The fraction of sp³-hybridized carbons (Fsp3) is 0.500. The summed E-state index contributed by atoms with van der Waals surface area (Å²) in [6.45, 7) is 5.39. The van der Waals surface area contributed by atoms with Gasteiger partial charge in [0.2, 0.25) is 0 Å². The maximum Gasteiger partial charge on any atom is 0.316 e. The number of nitrogens with zero attached hydrogens (tertiary/aromatic N) is 1. The molecule has 1 aliphatic rings. The first-order valence-electron chi connectivity index (χ1n) is 7.30. The first-order chi connectivity index (χ1) is 10.0. The van der Waals surface area contributed by atoms with Gasteiger partial charge >= 0.3 is 5.97 Å². The number of rotatable bonds is 5. The normalized spacial score (nSPS) is 19.5. The molecule has 1 amide bonds. The minimum atomic E-state index is -0.866. The van der Waals surface area contributed by atoms with Crippen molar-refractivity contribution < 1.29 is 14.7 Å². The third kappa shape index (κ3) is 3.79. The number of aliphatic carboxylic acids is 1. The average molecular weight is 307 g/mol. The molecule has 1 heterocycles. The highest BCUT2D eigenvalue weighted by Gasteiger charge is 2.27. The van der Waals surface area contributed by atoms with E-state index < -0.39 is 11.2 Å². The van der Waals surface area contributed by atoms with E-state index in [-0.39, 0.29) is 5.91 Å². The largest absolute Gasteiger partial charge is 0.480 e. The molecule has 5 heteroatoms. The van der Waals surface area contributed by atoms with Crippen LogP contribution >= 0.6 is 11.8 Å². The number of carboxylic acids is 1. The summed E-state index contributed by atoms with van der Waals surface area (Å²) in [4.78, 5) is 26.3. The molecule has 0 aliphatic carbocycles. The maximum atomic E-state index is 12.6. The highest BCUT2D eigenvalue weighted by atomic mass is 32.2. The van der Waals surface area contributed by atoms with E-state index in [0.717, 1.165) is 30.8 Å². The van der Waals surface area contributed by atoms with Gasteiger partial charge in [0, 0.05) is 18.0 Å². The molecule has 1 fully saturated rings. The molecule has 1 aromatic rings. The molecule has 0 radical (unpaired) electrons. The lowest BCUT2D eigenvalue weighted by Crippen LogP contribution is -2.29. The summed E-state index contributed by atoms with van der Waals surface area (Å²) in [5.41, 5.74) is 0.618. The van der Waals surface area contributed by atoms with Gasteiger partial charge in [0.25, 0.3) is 5.91 Å². The van der Waals surface area contributed by atoms with Crippen molar-refractivity contribution in [3.8, 4) is 0 Å². The van der Waals surface area contributed by atoms with E-state index in [2.05, 4.69) is 6.92 Å². The van der Waals surface area contributed by atoms with Gasteiger partial charge in [-0.25, -0.2) is 0 Å². The number of carbonyl (C=O) groups is 2. The topological polar surface area (TPSA) is 57.6 Å². The Kier molecular flexibility index (Phi) is 5.28. The standard InChI is InChI=1S/C16H21NO3S/c1-3-12-8-9-17(10-12)15(18)13-6-4-5-7-14(13)21-11(2)16(19)20/h4-7,11-12H,3,8-10H2,1-2H3,(H,19,20). The van der Waals surface area contributed by atoms with E-state index in [1.165, 1.54) is 11.8 Å². The molecule has 2 rings (SSSR count). The van der Waals surface area contributed by atoms with Crippen molar-refractivity contribution in [2.45, 2.75) is 36.8 Å². The highest BCUT2D eigenvalue weighted by Crippen LogP contribution is 2.29. The van der Waals surface area contributed by atoms with Crippen molar-refractivity contribution in [3.05, 3.63) is 29.8 Å². The third-order valence-corrected chi connectivity index (χ3v) is 5.08. The van der Waals surface area contributed by atoms with Gasteiger partial charge in [-0.1, -0.05) is 25.5 Å². The number of likely N-dealkylation sites (tertiary alicyclic amines) is 1. The zero-order valence-corrected chi connectivity index (χ0v) is 13.2. The molecule has 0 spiro atoms. The molecule has 0 aromatic heterocycles.